The summed E-state index contributed by atoms with van der Waals surface area (Å²) in [5.74, 6) is 0. The third-order valence-corrected chi connectivity index (χ3v) is 20.2. The number of benzene rings is 1. The largest absolute Gasteiger partial charge is 0.326 e. The topological polar surface area (TPSA) is 21.6 Å². The highest BCUT2D eigenvalue weighted by atomic mass is 31.1. The van der Waals surface area contributed by atoms with Gasteiger partial charge in [0.1, 0.15) is 0 Å². The molecule has 0 aromatic heterocycles. The van der Waals surface area contributed by atoms with Crippen molar-refractivity contribution in [3.63, 3.8) is 0 Å². The van der Waals surface area contributed by atoms with Crippen molar-refractivity contribution in [2.75, 3.05) is 0 Å². The summed E-state index contributed by atoms with van der Waals surface area (Å²) in [6.45, 7) is 19.2. The van der Waals surface area contributed by atoms with Gasteiger partial charge in [0.05, 0.1) is 29.7 Å². The second-order valence-corrected chi connectivity index (χ2v) is 22.7. The zero-order valence-corrected chi connectivity index (χ0v) is 18.2. The van der Waals surface area contributed by atoms with Gasteiger partial charge in [-0.1, -0.05) is 69.6 Å². The van der Waals surface area contributed by atoms with E-state index in [2.05, 4.69) is 83.5 Å². The minimum atomic E-state index is -1.34. The standard InChI is InChI=1S/C17H30NOPSi2/c1-17(2)18-15(14-12-10-9-11-13-14)20(19-17)16(21(3,4)5)22(6,7)8/h9-13,16H,1-8H3. The SMILES string of the molecule is CC1(C)N=C(c2ccccc2)P(C([Si](C)(C)C)[Si](C)(C)C)O1. The van der Waals surface area contributed by atoms with Crippen LogP contribution in [0, 0.1) is 0 Å². The molecule has 0 saturated carbocycles. The van der Waals surface area contributed by atoms with Crippen molar-refractivity contribution in [2.45, 2.75) is 63.8 Å². The van der Waals surface area contributed by atoms with Crippen molar-refractivity contribution in [1.82, 2.24) is 0 Å². The Balaban J connectivity index is 2.51. The molecule has 0 radical (unpaired) electrons. The van der Waals surface area contributed by atoms with Gasteiger partial charge in [0, 0.05) is 5.56 Å². The summed E-state index contributed by atoms with van der Waals surface area (Å²) in [6.07, 6.45) is 0. The maximum Gasteiger partial charge on any atom is 0.158 e. The van der Waals surface area contributed by atoms with Crippen LogP contribution in [0.25, 0.3) is 0 Å². The molecule has 0 spiro atoms. The Labute approximate surface area is 139 Å². The van der Waals surface area contributed by atoms with Gasteiger partial charge in [0.2, 0.25) is 0 Å². The van der Waals surface area contributed by atoms with Crippen molar-refractivity contribution < 1.29 is 4.52 Å². The van der Waals surface area contributed by atoms with Crippen LogP contribution in [0.4, 0.5) is 0 Å². The first-order valence-corrected chi connectivity index (χ1v) is 16.5. The Bertz CT molecular complexity index is 544. The van der Waals surface area contributed by atoms with E-state index in [4.69, 9.17) is 9.52 Å². The molecule has 1 aliphatic rings. The van der Waals surface area contributed by atoms with E-state index >= 15 is 0 Å². The summed E-state index contributed by atoms with van der Waals surface area (Å²) in [7, 11) is -3.32. The minimum Gasteiger partial charge on any atom is -0.326 e. The first-order chi connectivity index (χ1) is 9.92. The average molecular weight is 352 g/mol. The molecule has 1 aliphatic heterocycles. The molecule has 1 unspecified atom stereocenters. The van der Waals surface area contributed by atoms with E-state index < -0.39 is 24.3 Å². The molecule has 1 heterocycles. The number of hydrogen-bond donors (Lipinski definition) is 0. The number of rotatable bonds is 4. The summed E-state index contributed by atoms with van der Waals surface area (Å²) in [6, 6.07) is 10.7. The molecule has 0 saturated heterocycles. The van der Waals surface area contributed by atoms with Crippen molar-refractivity contribution in [3.8, 4) is 0 Å². The molecule has 1 atom stereocenters. The molecule has 122 valence electrons. The average Bonchev–Trinajstić information content (AvgIpc) is 2.62. The lowest BCUT2D eigenvalue weighted by Gasteiger charge is -2.42. The van der Waals surface area contributed by atoms with E-state index in [-0.39, 0.29) is 5.72 Å². The fourth-order valence-corrected chi connectivity index (χ4v) is 22.3. The van der Waals surface area contributed by atoms with Gasteiger partial charge in [-0.3, -0.25) is 0 Å². The van der Waals surface area contributed by atoms with Crippen molar-refractivity contribution >= 4 is 29.7 Å². The van der Waals surface area contributed by atoms with Gasteiger partial charge >= 0.3 is 0 Å². The zero-order valence-electron chi connectivity index (χ0n) is 15.3. The molecule has 2 rings (SSSR count). The highest BCUT2D eigenvalue weighted by molar-refractivity contribution is 7.77. The van der Waals surface area contributed by atoms with Gasteiger partial charge in [-0.15, -0.1) is 0 Å². The Morgan fingerprint density at radius 1 is 0.955 bits per heavy atom. The first kappa shape index (κ1) is 18.1. The van der Waals surface area contributed by atoms with Crippen LogP contribution in [0.3, 0.4) is 0 Å². The summed E-state index contributed by atoms with van der Waals surface area (Å²) in [5.41, 5.74) is 2.10. The van der Waals surface area contributed by atoms with Crippen LogP contribution in [0.5, 0.6) is 0 Å². The minimum absolute atomic E-state index is 0.381. The Morgan fingerprint density at radius 3 is 1.91 bits per heavy atom. The van der Waals surface area contributed by atoms with Crippen molar-refractivity contribution in [1.29, 1.82) is 0 Å². The van der Waals surface area contributed by atoms with E-state index in [9.17, 15) is 0 Å². The lowest BCUT2D eigenvalue weighted by Crippen LogP contribution is -2.53. The van der Waals surface area contributed by atoms with Gasteiger partial charge in [-0.25, -0.2) is 4.99 Å². The summed E-state index contributed by atoms with van der Waals surface area (Å²) < 4.78 is 6.56. The summed E-state index contributed by atoms with van der Waals surface area (Å²) in [5, 5.41) is 0. The molecule has 1 aromatic rings. The lowest BCUT2D eigenvalue weighted by atomic mass is 10.2. The third-order valence-electron chi connectivity index (χ3n) is 3.81. The molecule has 22 heavy (non-hydrogen) atoms. The fourth-order valence-electron chi connectivity index (χ4n) is 3.57. The summed E-state index contributed by atoms with van der Waals surface area (Å²) in [4.78, 5) is 5.71. The predicted molar refractivity (Wildman–Crippen MR) is 106 cm³/mol. The van der Waals surface area contributed by atoms with Crippen LogP contribution >= 0.6 is 8.15 Å². The number of aliphatic imine (C=N–C) groups is 1. The molecule has 0 bridgehead atoms. The molecule has 0 amide bonds. The van der Waals surface area contributed by atoms with Crippen LogP contribution in [0.15, 0.2) is 35.3 Å². The Hall–Kier alpha value is -0.286. The van der Waals surface area contributed by atoms with Gasteiger partial charge in [0.25, 0.3) is 0 Å². The second-order valence-electron chi connectivity index (χ2n) is 8.80. The zero-order chi connectivity index (χ0) is 16.8. The third kappa shape index (κ3) is 3.97. The van der Waals surface area contributed by atoms with E-state index in [0.717, 1.165) is 4.91 Å². The quantitative estimate of drug-likeness (QED) is 0.502. The van der Waals surface area contributed by atoms with Gasteiger partial charge < -0.3 is 4.52 Å². The predicted octanol–water partition coefficient (Wildman–Crippen LogP) is 5.72. The van der Waals surface area contributed by atoms with Crippen LogP contribution in [-0.2, 0) is 4.52 Å². The van der Waals surface area contributed by atoms with E-state index in [1.54, 1.807) is 0 Å². The molecule has 1 aromatic carbocycles. The van der Waals surface area contributed by atoms with E-state index in [1.807, 2.05) is 0 Å². The normalized spacial score (nSPS) is 22.0. The maximum atomic E-state index is 6.56. The highest BCUT2D eigenvalue weighted by Gasteiger charge is 2.50. The molecular weight excluding hydrogens is 321 g/mol. The molecule has 0 N–H and O–H groups in total. The van der Waals surface area contributed by atoms with Crippen LogP contribution in [0.2, 0.25) is 39.3 Å². The molecule has 5 heteroatoms. The van der Waals surface area contributed by atoms with Crippen molar-refractivity contribution in [3.05, 3.63) is 35.9 Å². The van der Waals surface area contributed by atoms with Crippen LogP contribution in [-0.4, -0.2) is 32.2 Å². The molecule has 0 aliphatic carbocycles. The first-order valence-electron chi connectivity index (χ1n) is 8.05. The van der Waals surface area contributed by atoms with Gasteiger partial charge in [0.15, 0.2) is 5.72 Å². The molecule has 0 fully saturated rings. The van der Waals surface area contributed by atoms with Crippen LogP contribution in [0.1, 0.15) is 19.4 Å². The maximum absolute atomic E-state index is 6.56. The van der Waals surface area contributed by atoms with Crippen LogP contribution < -0.4 is 0 Å². The smallest absolute Gasteiger partial charge is 0.158 e. The number of hydrogen-bond acceptors (Lipinski definition) is 2. The lowest BCUT2D eigenvalue weighted by molar-refractivity contribution is 0.152. The molecular formula is C17H30NOPSi2. The fraction of sp³-hybridized carbons (Fsp3) is 0.588. The second kappa shape index (κ2) is 5.97. The van der Waals surface area contributed by atoms with E-state index in [0.29, 0.717) is 0 Å². The Morgan fingerprint density at radius 2 is 1.45 bits per heavy atom. The van der Waals surface area contributed by atoms with Crippen molar-refractivity contribution in [2.24, 2.45) is 4.99 Å². The Kier molecular flexibility index (Phi) is 4.90. The van der Waals surface area contributed by atoms with E-state index in [1.165, 1.54) is 11.0 Å². The number of nitrogens with zero attached hydrogens (tertiary/aromatic N) is 1. The van der Waals surface area contributed by atoms with Gasteiger partial charge in [-0.05, 0) is 18.8 Å². The van der Waals surface area contributed by atoms with Gasteiger partial charge in [-0.2, -0.15) is 0 Å². The molecule has 2 nitrogen and oxygen atoms in total. The summed E-state index contributed by atoms with van der Waals surface area (Å²) >= 11 is 0. The highest BCUT2D eigenvalue weighted by Crippen LogP contribution is 2.59. The monoisotopic (exact) mass is 351 g/mol.